The lowest BCUT2D eigenvalue weighted by molar-refractivity contribution is 0.0793. The third-order valence-corrected chi connectivity index (χ3v) is 4.56. The maximum atomic E-state index is 12.6. The molecule has 0 atom stereocenters. The van der Waals surface area contributed by atoms with Gasteiger partial charge >= 0.3 is 0 Å². The Hall–Kier alpha value is -2.95. The third-order valence-electron chi connectivity index (χ3n) is 4.56. The molecular weight excluding hydrogens is 314 g/mol. The van der Waals surface area contributed by atoms with Crippen molar-refractivity contribution in [3.8, 4) is 22.8 Å². The van der Waals surface area contributed by atoms with Gasteiger partial charge in [0.25, 0.3) is 11.8 Å². The first kappa shape index (κ1) is 15.6. The number of hydrogen-bond acceptors (Lipinski definition) is 4. The molecule has 1 aromatic heterocycles. The fourth-order valence-electron chi connectivity index (χ4n) is 3.16. The van der Waals surface area contributed by atoms with Gasteiger partial charge in [-0.2, -0.15) is 4.98 Å². The minimum absolute atomic E-state index is 0.0713. The van der Waals surface area contributed by atoms with Crippen LogP contribution in [0.2, 0.25) is 0 Å². The Morgan fingerprint density at radius 2 is 1.88 bits per heavy atom. The molecule has 3 aromatic rings. The fourth-order valence-corrected chi connectivity index (χ4v) is 3.16. The molecule has 5 heteroatoms. The van der Waals surface area contributed by atoms with Gasteiger partial charge in [-0.25, -0.2) is 0 Å². The smallest absolute Gasteiger partial charge is 0.258 e. The van der Waals surface area contributed by atoms with Crippen molar-refractivity contribution in [2.75, 3.05) is 13.1 Å². The monoisotopic (exact) mass is 333 g/mol. The van der Waals surface area contributed by atoms with Crippen LogP contribution in [0.15, 0.2) is 53.1 Å². The summed E-state index contributed by atoms with van der Waals surface area (Å²) in [6, 6.07) is 15.3. The quantitative estimate of drug-likeness (QED) is 0.728. The normalized spacial score (nSPS) is 14.0. The Morgan fingerprint density at radius 1 is 1.08 bits per heavy atom. The first-order valence-electron chi connectivity index (χ1n) is 8.52. The molecule has 2 aromatic carbocycles. The summed E-state index contributed by atoms with van der Waals surface area (Å²) in [5, 5.41) is 4.09. The zero-order valence-electron chi connectivity index (χ0n) is 14.1. The number of amides is 1. The molecule has 126 valence electrons. The fraction of sp³-hybridized carbons (Fsp3) is 0.250. The standard InChI is InChI=1S/C20H19N3O2/c1-14-7-2-3-10-17(14)19-21-18(22-25-19)15-8-6-9-16(13-15)20(24)23-11-4-5-12-23/h2-3,6-10,13H,4-5,11-12H2,1H3. The van der Waals surface area contributed by atoms with E-state index in [-0.39, 0.29) is 5.91 Å². The van der Waals surface area contributed by atoms with Crippen LogP contribution < -0.4 is 0 Å². The van der Waals surface area contributed by atoms with E-state index in [1.807, 2.05) is 60.4 Å². The predicted octanol–water partition coefficient (Wildman–Crippen LogP) is 3.95. The SMILES string of the molecule is Cc1ccccc1-c1nc(-c2cccc(C(=O)N3CCCC3)c2)no1. The van der Waals surface area contributed by atoms with E-state index < -0.39 is 0 Å². The molecule has 4 rings (SSSR count). The van der Waals surface area contributed by atoms with E-state index >= 15 is 0 Å². The number of aryl methyl sites for hydroxylation is 1. The zero-order valence-corrected chi connectivity index (χ0v) is 14.1. The van der Waals surface area contributed by atoms with Crippen LogP contribution in [-0.4, -0.2) is 34.0 Å². The molecule has 0 saturated carbocycles. The second kappa shape index (κ2) is 6.51. The minimum atomic E-state index is 0.0713. The van der Waals surface area contributed by atoms with Gasteiger partial charge in [0.2, 0.25) is 5.82 Å². The first-order chi connectivity index (χ1) is 12.2. The van der Waals surface area contributed by atoms with Gasteiger partial charge in [-0.3, -0.25) is 4.79 Å². The van der Waals surface area contributed by atoms with Crippen molar-refractivity contribution in [1.82, 2.24) is 15.0 Å². The summed E-state index contributed by atoms with van der Waals surface area (Å²) in [5.41, 5.74) is 3.46. The Bertz CT molecular complexity index is 911. The molecule has 0 unspecified atom stereocenters. The highest BCUT2D eigenvalue weighted by Gasteiger charge is 2.20. The maximum Gasteiger partial charge on any atom is 0.258 e. The molecular formula is C20H19N3O2. The molecule has 0 radical (unpaired) electrons. The van der Waals surface area contributed by atoms with E-state index in [9.17, 15) is 4.79 Å². The number of nitrogens with zero attached hydrogens (tertiary/aromatic N) is 3. The van der Waals surface area contributed by atoms with Crippen molar-refractivity contribution < 1.29 is 9.32 Å². The van der Waals surface area contributed by atoms with Crippen molar-refractivity contribution in [3.63, 3.8) is 0 Å². The van der Waals surface area contributed by atoms with E-state index in [0.717, 1.165) is 42.6 Å². The van der Waals surface area contributed by atoms with Crippen LogP contribution in [0.5, 0.6) is 0 Å². The number of aromatic nitrogens is 2. The molecule has 0 N–H and O–H groups in total. The van der Waals surface area contributed by atoms with Gasteiger partial charge in [-0.1, -0.05) is 35.5 Å². The number of rotatable bonds is 3. The molecule has 2 heterocycles. The molecule has 0 bridgehead atoms. The topological polar surface area (TPSA) is 59.2 Å². The Labute approximate surface area is 146 Å². The van der Waals surface area contributed by atoms with Crippen LogP contribution in [0.25, 0.3) is 22.8 Å². The second-order valence-electron chi connectivity index (χ2n) is 6.32. The minimum Gasteiger partial charge on any atom is -0.339 e. The first-order valence-corrected chi connectivity index (χ1v) is 8.52. The summed E-state index contributed by atoms with van der Waals surface area (Å²) >= 11 is 0. The van der Waals surface area contributed by atoms with Crippen LogP contribution in [0.3, 0.4) is 0 Å². The summed E-state index contributed by atoms with van der Waals surface area (Å²) in [6.45, 7) is 3.68. The lowest BCUT2D eigenvalue weighted by Gasteiger charge is -2.15. The largest absolute Gasteiger partial charge is 0.339 e. The Morgan fingerprint density at radius 3 is 2.68 bits per heavy atom. The summed E-state index contributed by atoms with van der Waals surface area (Å²) < 4.78 is 5.43. The van der Waals surface area contributed by atoms with Crippen LogP contribution in [0.4, 0.5) is 0 Å². The number of carbonyl (C=O) groups is 1. The lowest BCUT2D eigenvalue weighted by atomic mass is 10.1. The van der Waals surface area contributed by atoms with Gasteiger partial charge in [-0.05, 0) is 43.5 Å². The zero-order chi connectivity index (χ0) is 17.2. The van der Waals surface area contributed by atoms with E-state index in [0.29, 0.717) is 17.3 Å². The van der Waals surface area contributed by atoms with Crippen LogP contribution in [-0.2, 0) is 0 Å². The summed E-state index contributed by atoms with van der Waals surface area (Å²) in [7, 11) is 0. The molecule has 1 amide bonds. The van der Waals surface area contributed by atoms with Gasteiger partial charge in [0, 0.05) is 29.8 Å². The molecule has 25 heavy (non-hydrogen) atoms. The van der Waals surface area contributed by atoms with Crippen molar-refractivity contribution in [3.05, 3.63) is 59.7 Å². The van der Waals surface area contributed by atoms with E-state index in [1.54, 1.807) is 0 Å². The second-order valence-corrected chi connectivity index (χ2v) is 6.32. The van der Waals surface area contributed by atoms with Gasteiger partial charge in [-0.15, -0.1) is 0 Å². The molecule has 5 nitrogen and oxygen atoms in total. The number of likely N-dealkylation sites (tertiary alicyclic amines) is 1. The van der Waals surface area contributed by atoms with Gasteiger partial charge < -0.3 is 9.42 Å². The van der Waals surface area contributed by atoms with E-state index in [2.05, 4.69) is 10.1 Å². The van der Waals surface area contributed by atoms with Crippen LogP contribution in [0.1, 0.15) is 28.8 Å². The molecule has 1 aliphatic heterocycles. The number of hydrogen-bond donors (Lipinski definition) is 0. The van der Waals surface area contributed by atoms with Crippen molar-refractivity contribution >= 4 is 5.91 Å². The van der Waals surface area contributed by atoms with Crippen molar-refractivity contribution in [2.24, 2.45) is 0 Å². The molecule has 0 aliphatic carbocycles. The van der Waals surface area contributed by atoms with Crippen molar-refractivity contribution in [1.29, 1.82) is 0 Å². The lowest BCUT2D eigenvalue weighted by Crippen LogP contribution is -2.27. The number of benzene rings is 2. The summed E-state index contributed by atoms with van der Waals surface area (Å²) in [6.07, 6.45) is 2.16. The average molecular weight is 333 g/mol. The summed E-state index contributed by atoms with van der Waals surface area (Å²) in [4.78, 5) is 19.0. The molecule has 0 spiro atoms. The average Bonchev–Trinajstić information content (AvgIpc) is 3.34. The van der Waals surface area contributed by atoms with Crippen molar-refractivity contribution in [2.45, 2.75) is 19.8 Å². The van der Waals surface area contributed by atoms with Gasteiger partial charge in [0.1, 0.15) is 0 Å². The Balaban J connectivity index is 1.64. The highest BCUT2D eigenvalue weighted by molar-refractivity contribution is 5.95. The number of carbonyl (C=O) groups excluding carboxylic acids is 1. The molecule has 1 saturated heterocycles. The van der Waals surface area contributed by atoms with Crippen LogP contribution in [0, 0.1) is 6.92 Å². The van der Waals surface area contributed by atoms with Crippen LogP contribution >= 0.6 is 0 Å². The third kappa shape index (κ3) is 3.05. The predicted molar refractivity (Wildman–Crippen MR) is 95.0 cm³/mol. The van der Waals surface area contributed by atoms with Gasteiger partial charge in [0.05, 0.1) is 0 Å². The molecule has 1 aliphatic rings. The highest BCUT2D eigenvalue weighted by Crippen LogP contribution is 2.25. The maximum absolute atomic E-state index is 12.6. The van der Waals surface area contributed by atoms with Gasteiger partial charge in [0.15, 0.2) is 0 Å². The van der Waals surface area contributed by atoms with E-state index in [4.69, 9.17) is 4.52 Å². The Kier molecular flexibility index (Phi) is 4.06. The summed E-state index contributed by atoms with van der Waals surface area (Å²) in [5.74, 6) is 1.06. The highest BCUT2D eigenvalue weighted by atomic mass is 16.5. The van der Waals surface area contributed by atoms with E-state index in [1.165, 1.54) is 0 Å². The molecule has 1 fully saturated rings.